The highest BCUT2D eigenvalue weighted by Crippen LogP contribution is 2.16. The zero-order valence-corrected chi connectivity index (χ0v) is 14.7. The number of hydrogen-bond donors (Lipinski definition) is 0. The number of amides is 1. The van der Waals surface area contributed by atoms with Crippen LogP contribution in [0.3, 0.4) is 0 Å². The molecule has 0 saturated heterocycles. The van der Waals surface area contributed by atoms with Crippen LogP contribution >= 0.6 is 0 Å². The number of hydrogen-bond acceptors (Lipinski definition) is 4. The zero-order chi connectivity index (χ0) is 16.8. The third kappa shape index (κ3) is 7.93. The van der Waals surface area contributed by atoms with Gasteiger partial charge in [0.1, 0.15) is 6.04 Å². The van der Waals surface area contributed by atoms with Gasteiger partial charge in [-0.1, -0.05) is 48.5 Å². The van der Waals surface area contributed by atoms with Gasteiger partial charge in [0.05, 0.1) is 13.2 Å². The van der Waals surface area contributed by atoms with Crippen molar-refractivity contribution in [2.75, 3.05) is 20.3 Å². The first-order chi connectivity index (χ1) is 9.45. The summed E-state index contributed by atoms with van der Waals surface area (Å²) in [6.07, 6.45) is -0.495. The van der Waals surface area contributed by atoms with Gasteiger partial charge in [-0.3, -0.25) is 4.90 Å². The molecule has 21 heavy (non-hydrogen) atoms. The van der Waals surface area contributed by atoms with Crippen LogP contribution in [0, 0.1) is 17.3 Å². The molecule has 124 valence electrons. The Hall–Kier alpha value is -1.26. The van der Waals surface area contributed by atoms with Crippen LogP contribution in [-0.2, 0) is 14.3 Å². The first-order valence-electron chi connectivity index (χ1n) is 7.52. The Kier molecular flexibility index (Phi) is 7.75. The number of carbonyl (C=O) groups excluding carboxylic acids is 2. The average molecular weight is 301 g/mol. The van der Waals surface area contributed by atoms with Crippen molar-refractivity contribution in [3.63, 3.8) is 0 Å². The number of likely N-dealkylation sites (N-methyl/N-ethyl adjacent to an activating group) is 1. The molecule has 1 amide bonds. The molecule has 0 aromatic carbocycles. The van der Waals surface area contributed by atoms with Gasteiger partial charge >= 0.3 is 12.1 Å². The van der Waals surface area contributed by atoms with Gasteiger partial charge in [0.15, 0.2) is 0 Å². The van der Waals surface area contributed by atoms with Gasteiger partial charge in [-0.2, -0.15) is 0 Å². The molecule has 0 aromatic heterocycles. The Morgan fingerprint density at radius 2 is 1.57 bits per heavy atom. The molecular formula is C16H31NO4. The monoisotopic (exact) mass is 301 g/mol. The van der Waals surface area contributed by atoms with Gasteiger partial charge in [0.25, 0.3) is 0 Å². The number of ether oxygens (including phenoxy) is 2. The third-order valence-electron chi connectivity index (χ3n) is 2.77. The molecule has 5 heteroatoms. The predicted molar refractivity (Wildman–Crippen MR) is 83.0 cm³/mol. The maximum atomic E-state index is 12.2. The molecule has 0 heterocycles. The third-order valence-corrected chi connectivity index (χ3v) is 2.77. The van der Waals surface area contributed by atoms with Gasteiger partial charge in [-0.05, 0) is 17.3 Å². The van der Waals surface area contributed by atoms with E-state index < -0.39 is 12.1 Å². The van der Waals surface area contributed by atoms with Crippen LogP contribution in [0.1, 0.15) is 48.5 Å². The van der Waals surface area contributed by atoms with E-state index in [4.69, 9.17) is 9.47 Å². The van der Waals surface area contributed by atoms with E-state index in [-0.39, 0.29) is 23.2 Å². The second kappa shape index (κ2) is 8.25. The smallest absolute Gasteiger partial charge is 0.410 e. The lowest BCUT2D eigenvalue weighted by Gasteiger charge is -2.30. The molecule has 0 radical (unpaired) electrons. The fourth-order valence-corrected chi connectivity index (χ4v) is 1.71. The van der Waals surface area contributed by atoms with Crippen LogP contribution in [0.2, 0.25) is 0 Å². The minimum Gasteiger partial charge on any atom is -0.464 e. The molecule has 0 saturated carbocycles. The van der Waals surface area contributed by atoms with Crippen molar-refractivity contribution >= 4 is 12.1 Å². The van der Waals surface area contributed by atoms with Crippen LogP contribution in [-0.4, -0.2) is 43.3 Å². The Balaban J connectivity index is 4.71. The largest absolute Gasteiger partial charge is 0.464 e. The number of esters is 1. The Morgan fingerprint density at radius 3 is 1.95 bits per heavy atom. The van der Waals surface area contributed by atoms with Crippen molar-refractivity contribution in [1.29, 1.82) is 0 Å². The lowest BCUT2D eigenvalue weighted by molar-refractivity contribution is -0.151. The van der Waals surface area contributed by atoms with E-state index in [0.29, 0.717) is 13.2 Å². The molecule has 1 atom stereocenters. The van der Waals surface area contributed by atoms with Crippen molar-refractivity contribution in [3.05, 3.63) is 0 Å². The highest BCUT2D eigenvalue weighted by molar-refractivity contribution is 5.81. The van der Waals surface area contributed by atoms with Crippen LogP contribution in [0.25, 0.3) is 0 Å². The van der Waals surface area contributed by atoms with E-state index in [0.717, 1.165) is 0 Å². The summed E-state index contributed by atoms with van der Waals surface area (Å²) in [5.41, 5.74) is -0.109. The summed E-state index contributed by atoms with van der Waals surface area (Å²) in [4.78, 5) is 25.6. The molecule has 0 aliphatic rings. The van der Waals surface area contributed by atoms with E-state index in [2.05, 4.69) is 0 Å². The van der Waals surface area contributed by atoms with Crippen LogP contribution in [0.15, 0.2) is 0 Å². The van der Waals surface area contributed by atoms with Gasteiger partial charge in [0.2, 0.25) is 0 Å². The lowest BCUT2D eigenvalue weighted by Crippen LogP contribution is -2.47. The molecule has 0 bridgehead atoms. The van der Waals surface area contributed by atoms with Gasteiger partial charge < -0.3 is 9.47 Å². The highest BCUT2D eigenvalue weighted by atomic mass is 16.6. The molecule has 0 fully saturated rings. The van der Waals surface area contributed by atoms with E-state index in [1.807, 2.05) is 48.5 Å². The predicted octanol–water partition coefficient (Wildman–Crippen LogP) is 3.32. The highest BCUT2D eigenvalue weighted by Gasteiger charge is 2.32. The Bertz CT molecular complexity index is 345. The molecule has 0 aliphatic carbocycles. The summed E-state index contributed by atoms with van der Waals surface area (Å²) in [7, 11) is 1.58. The molecule has 0 aromatic rings. The molecule has 1 unspecified atom stereocenters. The van der Waals surface area contributed by atoms with Crippen molar-refractivity contribution in [2.24, 2.45) is 17.3 Å². The summed E-state index contributed by atoms with van der Waals surface area (Å²) in [5, 5.41) is 0. The Labute approximate surface area is 129 Å². The fraction of sp³-hybridized carbons (Fsp3) is 0.875. The molecule has 5 nitrogen and oxygen atoms in total. The maximum absolute atomic E-state index is 12.2. The second-order valence-corrected chi connectivity index (χ2v) is 7.44. The second-order valence-electron chi connectivity index (χ2n) is 7.44. The van der Waals surface area contributed by atoms with Crippen molar-refractivity contribution in [3.8, 4) is 0 Å². The Morgan fingerprint density at radius 1 is 1.05 bits per heavy atom. The molecule has 0 aliphatic heterocycles. The number of carbonyl (C=O) groups is 2. The quantitative estimate of drug-likeness (QED) is 0.706. The minimum absolute atomic E-state index is 0.0446. The standard InChI is InChI=1S/C16H31NO4/c1-11(2)9-20-14(18)13(12(3)4)17(8)15(19)21-10-16(5,6)7/h11-13H,9-10H2,1-8H3. The van der Waals surface area contributed by atoms with E-state index in [1.165, 1.54) is 4.90 Å². The van der Waals surface area contributed by atoms with E-state index in [1.54, 1.807) is 7.05 Å². The SMILES string of the molecule is CC(C)COC(=O)C(C(C)C)N(C)C(=O)OCC(C)(C)C. The fourth-order valence-electron chi connectivity index (χ4n) is 1.71. The number of rotatable bonds is 6. The lowest BCUT2D eigenvalue weighted by atomic mass is 9.99. The average Bonchev–Trinajstić information content (AvgIpc) is 2.32. The minimum atomic E-state index is -0.629. The van der Waals surface area contributed by atoms with Gasteiger partial charge in [-0.15, -0.1) is 0 Å². The van der Waals surface area contributed by atoms with Gasteiger partial charge in [0, 0.05) is 7.05 Å². The topological polar surface area (TPSA) is 55.8 Å². The first kappa shape index (κ1) is 19.7. The maximum Gasteiger partial charge on any atom is 0.410 e. The first-order valence-corrected chi connectivity index (χ1v) is 7.52. The molecular weight excluding hydrogens is 270 g/mol. The van der Waals surface area contributed by atoms with E-state index >= 15 is 0 Å². The van der Waals surface area contributed by atoms with Gasteiger partial charge in [-0.25, -0.2) is 9.59 Å². The molecule has 0 N–H and O–H groups in total. The normalized spacial score (nSPS) is 13.2. The van der Waals surface area contributed by atoms with Crippen LogP contribution in [0.5, 0.6) is 0 Å². The van der Waals surface area contributed by atoms with E-state index in [9.17, 15) is 9.59 Å². The van der Waals surface area contributed by atoms with Crippen molar-refractivity contribution in [1.82, 2.24) is 4.90 Å². The summed E-state index contributed by atoms with van der Waals surface area (Å²) in [5.74, 6) is -0.161. The zero-order valence-electron chi connectivity index (χ0n) is 14.7. The summed E-state index contributed by atoms with van der Waals surface area (Å²) in [6, 6.07) is -0.629. The summed E-state index contributed by atoms with van der Waals surface area (Å²) >= 11 is 0. The van der Waals surface area contributed by atoms with Crippen LogP contribution < -0.4 is 0 Å². The van der Waals surface area contributed by atoms with Crippen LogP contribution in [0.4, 0.5) is 4.79 Å². The summed E-state index contributed by atoms with van der Waals surface area (Å²) in [6.45, 7) is 14.3. The van der Waals surface area contributed by atoms with Crippen molar-refractivity contribution < 1.29 is 19.1 Å². The molecule has 0 rings (SSSR count). The summed E-state index contributed by atoms with van der Waals surface area (Å²) < 4.78 is 10.5. The molecule has 0 spiro atoms. The number of nitrogens with zero attached hydrogens (tertiary/aromatic N) is 1. The van der Waals surface area contributed by atoms with Crippen molar-refractivity contribution in [2.45, 2.75) is 54.5 Å².